The Labute approximate surface area is 218 Å². The van der Waals surface area contributed by atoms with Crippen LogP contribution in [0.25, 0.3) is 16.6 Å². The Balaban J connectivity index is 2.06. The smallest absolute Gasteiger partial charge is 0.343 e. The molecule has 1 fully saturated rings. The second-order valence-electron chi connectivity index (χ2n) is 9.64. The number of hydrogen-bond acceptors (Lipinski definition) is 8. The Bertz CT molecular complexity index is 1520. The predicted octanol–water partition coefficient (Wildman–Crippen LogP) is 1.15. The summed E-state index contributed by atoms with van der Waals surface area (Å²) in [6.45, 7) is 5.59. The number of rotatable bonds is 7. The number of anilines is 2. The summed E-state index contributed by atoms with van der Waals surface area (Å²) in [5.74, 6) is -2.82. The number of pyridine rings is 1. The number of likely N-dealkylation sites (N-methyl/N-ethyl adjacent to an activating group) is 1. The molecule has 2 aromatic carbocycles. The normalized spacial score (nSPS) is 14.3. The summed E-state index contributed by atoms with van der Waals surface area (Å²) in [7, 11) is 3.51. The number of benzene rings is 2. The molecule has 0 atom stereocenters. The summed E-state index contributed by atoms with van der Waals surface area (Å²) in [5, 5.41) is 3.15. The number of aromatic nitrogens is 1. The van der Waals surface area contributed by atoms with E-state index in [0.717, 1.165) is 12.1 Å². The highest BCUT2D eigenvalue weighted by Gasteiger charge is 2.39. The van der Waals surface area contributed by atoms with Crippen molar-refractivity contribution in [2.24, 2.45) is 0 Å². The van der Waals surface area contributed by atoms with E-state index in [1.165, 1.54) is 23.8 Å². The minimum atomic E-state index is -0.889. The van der Waals surface area contributed by atoms with E-state index in [9.17, 15) is 18.8 Å². The first kappa shape index (κ1) is 27.1. The standard InChI is InChI=1S/C26H29BF2N4O5/c1-5-37-25(36)16-9-33(20-8-19(30)17(28)6-14(20)10-38-13(2)34)22-15(24(16)35)7-18(29)23(21(22)27)32-11-26(3,12-32)31-4/h6-9,31H,5,10-12,27,30H2,1-4H3. The van der Waals surface area contributed by atoms with Gasteiger partial charge >= 0.3 is 11.9 Å². The number of nitrogens with two attached hydrogens (primary N) is 1. The van der Waals surface area contributed by atoms with Crippen molar-refractivity contribution in [1.82, 2.24) is 9.88 Å². The van der Waals surface area contributed by atoms with Crippen molar-refractivity contribution < 1.29 is 27.8 Å². The van der Waals surface area contributed by atoms with Crippen molar-refractivity contribution in [1.29, 1.82) is 0 Å². The second-order valence-corrected chi connectivity index (χ2v) is 9.64. The van der Waals surface area contributed by atoms with Crippen LogP contribution in [0.2, 0.25) is 0 Å². The number of nitrogens with one attached hydrogen (secondary N) is 1. The van der Waals surface area contributed by atoms with Crippen molar-refractivity contribution >= 4 is 47.5 Å². The van der Waals surface area contributed by atoms with E-state index in [-0.39, 0.29) is 46.6 Å². The van der Waals surface area contributed by atoms with Gasteiger partial charge in [-0.3, -0.25) is 9.59 Å². The SMILES string of the molecule is Bc1c(N2CC(C)(NC)C2)c(F)cc2c(=O)c(C(=O)OCC)cn(-c3cc(N)c(F)cc3COC(C)=O)c12. The number of carbonyl (C=O) groups is 2. The average Bonchev–Trinajstić information content (AvgIpc) is 2.84. The lowest BCUT2D eigenvalue weighted by Gasteiger charge is -2.50. The van der Waals surface area contributed by atoms with Crippen LogP contribution in [-0.2, 0) is 20.9 Å². The summed E-state index contributed by atoms with van der Waals surface area (Å²) in [6.07, 6.45) is 1.27. The minimum Gasteiger partial charge on any atom is -0.462 e. The molecule has 1 aliphatic rings. The fourth-order valence-corrected chi connectivity index (χ4v) is 4.82. The van der Waals surface area contributed by atoms with Crippen molar-refractivity contribution in [2.45, 2.75) is 32.9 Å². The molecule has 38 heavy (non-hydrogen) atoms. The lowest BCUT2D eigenvalue weighted by Crippen LogP contribution is -2.67. The Morgan fingerprint density at radius 3 is 2.47 bits per heavy atom. The second kappa shape index (κ2) is 10.1. The third-order valence-electron chi connectivity index (χ3n) is 6.83. The van der Waals surface area contributed by atoms with Crippen LogP contribution in [0.4, 0.5) is 20.2 Å². The molecule has 1 aliphatic heterocycles. The number of fused-ring (bicyclic) bond motifs is 1. The third kappa shape index (κ3) is 4.71. The largest absolute Gasteiger partial charge is 0.462 e. The molecule has 1 saturated heterocycles. The van der Waals surface area contributed by atoms with Gasteiger partial charge in [0.2, 0.25) is 5.43 Å². The fraction of sp³-hybridized carbons (Fsp3) is 0.346. The topological polar surface area (TPSA) is 116 Å². The van der Waals surface area contributed by atoms with E-state index in [4.69, 9.17) is 15.2 Å². The summed E-state index contributed by atoms with van der Waals surface area (Å²) in [6, 6.07) is 3.54. The maximum Gasteiger partial charge on any atom is 0.343 e. The van der Waals surface area contributed by atoms with Gasteiger partial charge in [0.25, 0.3) is 0 Å². The Morgan fingerprint density at radius 1 is 1.18 bits per heavy atom. The molecule has 4 rings (SSSR count). The Hall–Kier alpha value is -3.93. The highest BCUT2D eigenvalue weighted by atomic mass is 19.1. The first-order chi connectivity index (χ1) is 17.9. The fourth-order valence-electron chi connectivity index (χ4n) is 4.82. The van der Waals surface area contributed by atoms with Crippen molar-refractivity contribution in [2.75, 3.05) is 37.4 Å². The molecule has 12 heteroatoms. The molecule has 200 valence electrons. The molecule has 0 aliphatic carbocycles. The monoisotopic (exact) mass is 526 g/mol. The third-order valence-corrected chi connectivity index (χ3v) is 6.83. The summed E-state index contributed by atoms with van der Waals surface area (Å²) in [5.41, 5.74) is 5.97. The molecule has 9 nitrogen and oxygen atoms in total. The van der Waals surface area contributed by atoms with E-state index in [1.807, 2.05) is 18.9 Å². The number of carbonyl (C=O) groups excluding carboxylic acids is 2. The van der Waals surface area contributed by atoms with Crippen LogP contribution in [0.3, 0.4) is 0 Å². The van der Waals surface area contributed by atoms with E-state index < -0.39 is 29.0 Å². The van der Waals surface area contributed by atoms with Crippen LogP contribution in [0.5, 0.6) is 0 Å². The van der Waals surface area contributed by atoms with Crippen LogP contribution in [-0.4, -0.2) is 56.6 Å². The van der Waals surface area contributed by atoms with Gasteiger partial charge in [0.1, 0.15) is 31.7 Å². The molecule has 3 aromatic rings. The van der Waals surface area contributed by atoms with E-state index >= 15 is 4.39 Å². The molecular formula is C26H29BF2N4O5. The summed E-state index contributed by atoms with van der Waals surface area (Å²) >= 11 is 0. The van der Waals surface area contributed by atoms with Crippen molar-refractivity contribution in [3.05, 3.63) is 57.4 Å². The number of halogens is 2. The molecular weight excluding hydrogens is 497 g/mol. The zero-order valence-electron chi connectivity index (χ0n) is 21.9. The first-order valence-corrected chi connectivity index (χ1v) is 12.1. The molecule has 0 unspecified atom stereocenters. The van der Waals surface area contributed by atoms with E-state index in [1.54, 1.807) is 14.8 Å². The zero-order valence-corrected chi connectivity index (χ0v) is 21.9. The summed E-state index contributed by atoms with van der Waals surface area (Å²) in [4.78, 5) is 39.5. The van der Waals surface area contributed by atoms with Gasteiger partial charge in [-0.05, 0) is 44.6 Å². The van der Waals surface area contributed by atoms with Crippen LogP contribution in [0.15, 0.2) is 29.2 Å². The molecule has 0 amide bonds. The first-order valence-electron chi connectivity index (χ1n) is 12.1. The number of nitrogen functional groups attached to an aromatic ring is 1. The Kier molecular flexibility index (Phi) is 7.20. The lowest BCUT2D eigenvalue weighted by atomic mass is 9.85. The minimum absolute atomic E-state index is 0.0169. The molecule has 1 aromatic heterocycles. The molecule has 3 N–H and O–H groups in total. The number of esters is 2. The van der Waals surface area contributed by atoms with Gasteiger partial charge in [-0.25, -0.2) is 13.6 Å². The van der Waals surface area contributed by atoms with Crippen molar-refractivity contribution in [3.63, 3.8) is 0 Å². The van der Waals surface area contributed by atoms with Gasteiger partial charge in [-0.2, -0.15) is 0 Å². The number of nitrogens with zero attached hydrogens (tertiary/aromatic N) is 2. The molecule has 0 radical (unpaired) electrons. The number of ether oxygens (including phenoxy) is 2. The zero-order chi connectivity index (χ0) is 27.9. The van der Waals surface area contributed by atoms with Gasteiger partial charge in [0.15, 0.2) is 0 Å². The molecule has 2 heterocycles. The molecule has 0 saturated carbocycles. The van der Waals surface area contributed by atoms with Crippen LogP contribution < -0.4 is 26.8 Å². The predicted molar refractivity (Wildman–Crippen MR) is 143 cm³/mol. The maximum absolute atomic E-state index is 15.6. The maximum atomic E-state index is 15.6. The van der Waals surface area contributed by atoms with Gasteiger partial charge in [-0.1, -0.05) is 0 Å². The van der Waals surface area contributed by atoms with Crippen LogP contribution in [0.1, 0.15) is 36.7 Å². The van der Waals surface area contributed by atoms with E-state index in [0.29, 0.717) is 29.8 Å². The van der Waals surface area contributed by atoms with Gasteiger partial charge in [0.05, 0.1) is 34.7 Å². The molecule has 0 bridgehead atoms. The number of hydrogen-bond donors (Lipinski definition) is 2. The van der Waals surface area contributed by atoms with Gasteiger partial charge in [-0.15, -0.1) is 0 Å². The van der Waals surface area contributed by atoms with Crippen LogP contribution >= 0.6 is 0 Å². The summed E-state index contributed by atoms with van der Waals surface area (Å²) < 4.78 is 41.7. The Morgan fingerprint density at radius 2 is 1.87 bits per heavy atom. The lowest BCUT2D eigenvalue weighted by molar-refractivity contribution is -0.142. The van der Waals surface area contributed by atoms with Gasteiger partial charge < -0.3 is 30.0 Å². The average molecular weight is 526 g/mol. The highest BCUT2D eigenvalue weighted by molar-refractivity contribution is 6.42. The highest BCUT2D eigenvalue weighted by Crippen LogP contribution is 2.32. The molecule has 0 spiro atoms. The van der Waals surface area contributed by atoms with Crippen LogP contribution in [0, 0.1) is 11.6 Å². The van der Waals surface area contributed by atoms with Crippen molar-refractivity contribution in [3.8, 4) is 5.69 Å². The van der Waals surface area contributed by atoms with Gasteiger partial charge in [0, 0.05) is 37.2 Å². The van der Waals surface area contributed by atoms with E-state index in [2.05, 4.69) is 5.32 Å². The quantitative estimate of drug-likeness (QED) is 0.268.